The quantitative estimate of drug-likeness (QED) is 0.805. The molecule has 0 aliphatic rings. The van der Waals surface area contributed by atoms with Crippen molar-refractivity contribution in [1.82, 2.24) is 4.90 Å². The second-order valence-corrected chi connectivity index (χ2v) is 3.79. The van der Waals surface area contributed by atoms with Crippen LogP contribution < -0.4 is 0 Å². The van der Waals surface area contributed by atoms with Crippen LogP contribution in [0.25, 0.3) is 0 Å². The van der Waals surface area contributed by atoms with Gasteiger partial charge in [-0.1, -0.05) is 13.8 Å². The first-order chi connectivity index (χ1) is 7.84. The maximum atomic E-state index is 11.4. The van der Waals surface area contributed by atoms with Crippen LogP contribution in [0.1, 0.15) is 20.3 Å². The van der Waals surface area contributed by atoms with Gasteiger partial charge >= 0.3 is 18.2 Å². The van der Waals surface area contributed by atoms with E-state index < -0.39 is 24.2 Å². The van der Waals surface area contributed by atoms with E-state index in [1.807, 2.05) is 0 Å². The fourth-order valence-electron chi connectivity index (χ4n) is 1.29. The fraction of sp³-hybridized carbons (Fsp3) is 0.700. The minimum Gasteiger partial charge on any atom is -0.480 e. The third-order valence-corrected chi connectivity index (χ3v) is 2.03. The molecule has 0 aromatic carbocycles. The molecule has 0 aliphatic carbocycles. The van der Waals surface area contributed by atoms with Crippen LogP contribution in [0.15, 0.2) is 0 Å². The number of carbonyl (C=O) groups excluding carboxylic acids is 2. The van der Waals surface area contributed by atoms with E-state index in [1.165, 1.54) is 0 Å². The molecule has 0 aromatic heterocycles. The first-order valence-corrected chi connectivity index (χ1v) is 5.03. The van der Waals surface area contributed by atoms with Crippen molar-refractivity contribution in [2.75, 3.05) is 14.2 Å². The Morgan fingerprint density at radius 3 is 1.76 bits per heavy atom. The number of methoxy groups -OCH3 is 2. The van der Waals surface area contributed by atoms with Crippen molar-refractivity contribution in [3.63, 3.8) is 0 Å². The van der Waals surface area contributed by atoms with Gasteiger partial charge in [-0.15, -0.1) is 0 Å². The third kappa shape index (κ3) is 4.29. The molecule has 0 saturated heterocycles. The second kappa shape index (κ2) is 6.72. The smallest absolute Gasteiger partial charge is 0.419 e. The Bertz CT molecular complexity index is 285. The summed E-state index contributed by atoms with van der Waals surface area (Å²) in [5, 5.41) is 9.02. The number of imide groups is 1. The zero-order chi connectivity index (χ0) is 13.6. The summed E-state index contributed by atoms with van der Waals surface area (Å²) < 4.78 is 8.74. The first-order valence-electron chi connectivity index (χ1n) is 5.03. The summed E-state index contributed by atoms with van der Waals surface area (Å²) >= 11 is 0. The summed E-state index contributed by atoms with van der Waals surface area (Å²) in [6, 6.07) is -1.30. The van der Waals surface area contributed by atoms with Crippen LogP contribution in [-0.4, -0.2) is 48.4 Å². The molecule has 0 unspecified atom stereocenters. The highest BCUT2D eigenvalue weighted by molar-refractivity contribution is 5.93. The highest BCUT2D eigenvalue weighted by Crippen LogP contribution is 2.14. The van der Waals surface area contributed by atoms with E-state index in [0.717, 1.165) is 14.2 Å². The van der Waals surface area contributed by atoms with Crippen molar-refractivity contribution in [3.05, 3.63) is 0 Å². The van der Waals surface area contributed by atoms with E-state index >= 15 is 0 Å². The molecule has 0 bridgehead atoms. The average molecular weight is 247 g/mol. The SMILES string of the molecule is COC(=O)N(C(=O)OC)[C@@H](CC(C)C)C(=O)O. The second-order valence-electron chi connectivity index (χ2n) is 3.79. The van der Waals surface area contributed by atoms with Gasteiger partial charge in [0.25, 0.3) is 0 Å². The number of nitrogens with zero attached hydrogens (tertiary/aromatic N) is 1. The van der Waals surface area contributed by atoms with E-state index in [1.54, 1.807) is 13.8 Å². The van der Waals surface area contributed by atoms with E-state index in [2.05, 4.69) is 9.47 Å². The van der Waals surface area contributed by atoms with Crippen molar-refractivity contribution in [3.8, 4) is 0 Å². The van der Waals surface area contributed by atoms with Crippen molar-refractivity contribution in [2.24, 2.45) is 5.92 Å². The van der Waals surface area contributed by atoms with E-state index in [9.17, 15) is 14.4 Å². The number of ether oxygens (including phenoxy) is 2. The van der Waals surface area contributed by atoms with Crippen molar-refractivity contribution in [1.29, 1.82) is 0 Å². The molecule has 98 valence electrons. The van der Waals surface area contributed by atoms with E-state index in [-0.39, 0.29) is 12.3 Å². The Morgan fingerprint density at radius 1 is 1.12 bits per heavy atom. The summed E-state index contributed by atoms with van der Waals surface area (Å²) in [4.78, 5) is 34.3. The number of rotatable bonds is 4. The van der Waals surface area contributed by atoms with Crippen molar-refractivity contribution < 1.29 is 29.0 Å². The largest absolute Gasteiger partial charge is 0.480 e. The summed E-state index contributed by atoms with van der Waals surface area (Å²) in [6.45, 7) is 3.56. The number of carboxylic acid groups (broad SMARTS) is 1. The Labute approximate surface area is 99.3 Å². The van der Waals surface area contributed by atoms with Crippen LogP contribution in [-0.2, 0) is 14.3 Å². The maximum absolute atomic E-state index is 11.4. The molecule has 0 rings (SSSR count). The Kier molecular flexibility index (Phi) is 6.01. The number of carbonyl (C=O) groups is 3. The zero-order valence-electron chi connectivity index (χ0n) is 10.3. The molecule has 1 N–H and O–H groups in total. The Morgan fingerprint density at radius 2 is 1.53 bits per heavy atom. The van der Waals surface area contributed by atoms with Gasteiger partial charge in [-0.2, -0.15) is 4.90 Å². The molecule has 0 aliphatic heterocycles. The Hall–Kier alpha value is -1.79. The Balaban J connectivity index is 5.14. The summed E-state index contributed by atoms with van der Waals surface area (Å²) in [5.74, 6) is -1.29. The van der Waals surface area contributed by atoms with Crippen molar-refractivity contribution >= 4 is 18.2 Å². The average Bonchev–Trinajstić information content (AvgIpc) is 2.26. The molecule has 17 heavy (non-hydrogen) atoms. The molecule has 0 saturated carbocycles. The fourth-order valence-corrected chi connectivity index (χ4v) is 1.29. The van der Waals surface area contributed by atoms with Crippen molar-refractivity contribution in [2.45, 2.75) is 26.3 Å². The molecule has 7 nitrogen and oxygen atoms in total. The molecule has 0 radical (unpaired) electrons. The lowest BCUT2D eigenvalue weighted by Gasteiger charge is -2.25. The van der Waals surface area contributed by atoms with Gasteiger partial charge in [-0.05, 0) is 12.3 Å². The molecule has 1 atom stereocenters. The molecule has 2 amide bonds. The standard InChI is InChI=1S/C10H17NO6/c1-6(2)5-7(8(12)13)11(9(14)16-3)10(15)17-4/h6-7H,5H2,1-4H3,(H,12,13)/t7-/m0/s1. The van der Waals surface area contributed by atoms with Gasteiger partial charge in [-0.3, -0.25) is 0 Å². The van der Waals surface area contributed by atoms with Gasteiger partial charge in [0.1, 0.15) is 6.04 Å². The van der Waals surface area contributed by atoms with E-state index in [4.69, 9.17) is 5.11 Å². The molecule has 0 fully saturated rings. The molecule has 0 heterocycles. The monoisotopic (exact) mass is 247 g/mol. The number of hydrogen-bond donors (Lipinski definition) is 1. The van der Waals surface area contributed by atoms with Crippen LogP contribution in [0.3, 0.4) is 0 Å². The van der Waals surface area contributed by atoms with Crippen LogP contribution >= 0.6 is 0 Å². The minimum absolute atomic E-state index is 0.00656. The van der Waals surface area contributed by atoms with Crippen LogP contribution in [0, 0.1) is 5.92 Å². The van der Waals surface area contributed by atoms with Gasteiger partial charge in [-0.25, -0.2) is 14.4 Å². The summed E-state index contributed by atoms with van der Waals surface area (Å²) in [6.07, 6.45) is -1.98. The molecule has 7 heteroatoms. The number of amides is 2. The zero-order valence-corrected chi connectivity index (χ0v) is 10.3. The number of carboxylic acids is 1. The van der Waals surface area contributed by atoms with Crippen LogP contribution in [0.2, 0.25) is 0 Å². The van der Waals surface area contributed by atoms with Gasteiger partial charge < -0.3 is 14.6 Å². The van der Waals surface area contributed by atoms with Crippen LogP contribution in [0.5, 0.6) is 0 Å². The molecular formula is C10H17NO6. The van der Waals surface area contributed by atoms with Gasteiger partial charge in [0.15, 0.2) is 0 Å². The normalized spacial score (nSPS) is 11.8. The van der Waals surface area contributed by atoms with Gasteiger partial charge in [0, 0.05) is 0 Å². The lowest BCUT2D eigenvalue weighted by molar-refractivity contribution is -0.142. The highest BCUT2D eigenvalue weighted by atomic mass is 16.6. The summed E-state index contributed by atoms with van der Waals surface area (Å²) in [7, 11) is 2.12. The predicted molar refractivity (Wildman–Crippen MR) is 57.5 cm³/mol. The maximum Gasteiger partial charge on any atom is 0.419 e. The van der Waals surface area contributed by atoms with Gasteiger partial charge in [0.2, 0.25) is 0 Å². The lowest BCUT2D eigenvalue weighted by atomic mass is 10.0. The third-order valence-electron chi connectivity index (χ3n) is 2.03. The topological polar surface area (TPSA) is 93.1 Å². The summed E-state index contributed by atoms with van der Waals surface area (Å²) in [5.41, 5.74) is 0. The molecule has 0 aromatic rings. The number of hydrogen-bond acceptors (Lipinski definition) is 5. The van der Waals surface area contributed by atoms with Gasteiger partial charge in [0.05, 0.1) is 14.2 Å². The lowest BCUT2D eigenvalue weighted by Crippen LogP contribution is -2.49. The number of aliphatic carboxylic acids is 1. The van der Waals surface area contributed by atoms with Crippen LogP contribution in [0.4, 0.5) is 9.59 Å². The highest BCUT2D eigenvalue weighted by Gasteiger charge is 2.36. The predicted octanol–water partition coefficient (Wildman–Crippen LogP) is 1.32. The first kappa shape index (κ1) is 15.2. The molecular weight excluding hydrogens is 230 g/mol. The van der Waals surface area contributed by atoms with E-state index in [0.29, 0.717) is 4.90 Å². The molecule has 0 spiro atoms. The minimum atomic E-state index is -1.30.